The Morgan fingerprint density at radius 3 is 2.17 bits per heavy atom. The van der Waals surface area contributed by atoms with E-state index in [4.69, 9.17) is 0 Å². The van der Waals surface area contributed by atoms with E-state index in [0.717, 1.165) is 11.3 Å². The molecule has 1 aromatic carbocycles. The first kappa shape index (κ1) is 13.0. The molecule has 0 radical (unpaired) electrons. The highest BCUT2D eigenvalue weighted by Crippen LogP contribution is 2.18. The van der Waals surface area contributed by atoms with Gasteiger partial charge in [-0.3, -0.25) is 4.98 Å². The topological polar surface area (TPSA) is 12.9 Å². The van der Waals surface area contributed by atoms with E-state index in [9.17, 15) is 4.39 Å². The number of aryl methyl sites for hydroxylation is 1. The summed E-state index contributed by atoms with van der Waals surface area (Å²) in [6.07, 6.45) is 1.99. The van der Waals surface area contributed by atoms with Crippen LogP contribution in [0.4, 0.5) is 4.39 Å². The molecule has 0 unspecified atom stereocenters. The van der Waals surface area contributed by atoms with Gasteiger partial charge in [0.05, 0.1) is 13.8 Å². The molecule has 1 nitrogen and oxygen atoms in total. The molecule has 94 valence electrons. The van der Waals surface area contributed by atoms with Gasteiger partial charge in [0, 0.05) is 11.8 Å². The first-order chi connectivity index (χ1) is 8.38. The smallest absolute Gasteiger partial charge is 0.123 e. The van der Waals surface area contributed by atoms with Gasteiger partial charge < -0.3 is 0 Å². The number of nitrogens with zero attached hydrogens (tertiary/aromatic N) is 1. The van der Waals surface area contributed by atoms with Crippen LogP contribution >= 0.6 is 0 Å². The predicted octanol–water partition coefficient (Wildman–Crippen LogP) is 3.74. The van der Waals surface area contributed by atoms with Crippen molar-refractivity contribution in [2.24, 2.45) is 0 Å². The molecule has 0 aliphatic carbocycles. The number of benzene rings is 1. The fourth-order valence-corrected chi connectivity index (χ4v) is 3.83. The summed E-state index contributed by atoms with van der Waals surface area (Å²) in [5.41, 5.74) is 3.15. The Balaban J connectivity index is 2.43. The van der Waals surface area contributed by atoms with Crippen LogP contribution in [0.5, 0.6) is 0 Å². The van der Waals surface area contributed by atoms with Gasteiger partial charge in [0.1, 0.15) is 5.82 Å². The first-order valence-electron chi connectivity index (χ1n) is 6.11. The molecule has 18 heavy (non-hydrogen) atoms. The molecule has 2 aromatic rings. The fourth-order valence-electron chi connectivity index (χ4n) is 2.12. The quantitative estimate of drug-likeness (QED) is 0.749. The standard InChI is InChI=1S/C15H18FNSi/c1-11-9-14(12-5-7-13(16)8-6-12)17-10-15(11)18(2,3)4/h5-10H,1-4H3. The van der Waals surface area contributed by atoms with Crippen molar-refractivity contribution in [1.82, 2.24) is 4.98 Å². The average Bonchev–Trinajstić information content (AvgIpc) is 2.28. The maximum atomic E-state index is 12.9. The van der Waals surface area contributed by atoms with Crippen LogP contribution in [0.15, 0.2) is 36.5 Å². The van der Waals surface area contributed by atoms with Crippen LogP contribution in [0.3, 0.4) is 0 Å². The maximum absolute atomic E-state index is 12.9. The number of pyridine rings is 1. The Labute approximate surface area is 109 Å². The van der Waals surface area contributed by atoms with Crippen molar-refractivity contribution in [3.05, 3.63) is 47.9 Å². The molecule has 2 rings (SSSR count). The van der Waals surface area contributed by atoms with Crippen LogP contribution in [0, 0.1) is 12.7 Å². The van der Waals surface area contributed by atoms with Gasteiger partial charge in [0.15, 0.2) is 0 Å². The molecule has 0 atom stereocenters. The lowest BCUT2D eigenvalue weighted by atomic mass is 10.1. The number of aromatic nitrogens is 1. The lowest BCUT2D eigenvalue weighted by molar-refractivity contribution is 0.628. The van der Waals surface area contributed by atoms with Gasteiger partial charge >= 0.3 is 0 Å². The Hall–Kier alpha value is -1.48. The molecule has 0 aliphatic heterocycles. The Bertz CT molecular complexity index is 556. The van der Waals surface area contributed by atoms with E-state index in [1.807, 2.05) is 6.20 Å². The number of rotatable bonds is 2. The van der Waals surface area contributed by atoms with Gasteiger partial charge in [-0.05, 0) is 48.0 Å². The third-order valence-electron chi connectivity index (χ3n) is 3.06. The minimum atomic E-state index is -1.33. The Morgan fingerprint density at radius 2 is 1.67 bits per heavy atom. The molecule has 1 heterocycles. The molecule has 0 aliphatic rings. The zero-order chi connectivity index (χ0) is 13.3. The second-order valence-electron chi connectivity index (χ2n) is 5.64. The Morgan fingerprint density at radius 1 is 1.06 bits per heavy atom. The SMILES string of the molecule is Cc1cc(-c2ccc(F)cc2)ncc1[Si](C)(C)C. The van der Waals surface area contributed by atoms with Crippen molar-refractivity contribution in [2.75, 3.05) is 0 Å². The maximum Gasteiger partial charge on any atom is 0.123 e. The van der Waals surface area contributed by atoms with Gasteiger partial charge in [0.25, 0.3) is 0 Å². The lowest BCUT2D eigenvalue weighted by Crippen LogP contribution is -2.39. The summed E-state index contributed by atoms with van der Waals surface area (Å²) < 4.78 is 12.9. The van der Waals surface area contributed by atoms with Gasteiger partial charge in [-0.15, -0.1) is 0 Å². The molecule has 0 fully saturated rings. The van der Waals surface area contributed by atoms with Crippen LogP contribution < -0.4 is 5.19 Å². The largest absolute Gasteiger partial charge is 0.256 e. The van der Waals surface area contributed by atoms with Crippen molar-refractivity contribution in [2.45, 2.75) is 26.6 Å². The van der Waals surface area contributed by atoms with Gasteiger partial charge in [-0.25, -0.2) is 4.39 Å². The van der Waals surface area contributed by atoms with Gasteiger partial charge in [0.2, 0.25) is 0 Å². The second kappa shape index (κ2) is 4.65. The van der Waals surface area contributed by atoms with Crippen molar-refractivity contribution in [1.29, 1.82) is 0 Å². The molecule has 0 N–H and O–H groups in total. The normalized spacial score (nSPS) is 11.6. The summed E-state index contributed by atoms with van der Waals surface area (Å²) in [5, 5.41) is 1.38. The van der Waals surface area contributed by atoms with Gasteiger partial charge in [-0.1, -0.05) is 19.6 Å². The van der Waals surface area contributed by atoms with Crippen LogP contribution in [0.25, 0.3) is 11.3 Å². The third kappa shape index (κ3) is 2.67. The van der Waals surface area contributed by atoms with E-state index in [2.05, 4.69) is 37.6 Å². The summed E-state index contributed by atoms with van der Waals surface area (Å²) >= 11 is 0. The number of hydrogen-bond acceptors (Lipinski definition) is 1. The van der Waals surface area contributed by atoms with Crippen LogP contribution in [-0.2, 0) is 0 Å². The molecule has 0 spiro atoms. The van der Waals surface area contributed by atoms with E-state index >= 15 is 0 Å². The first-order valence-corrected chi connectivity index (χ1v) is 9.61. The highest BCUT2D eigenvalue weighted by Gasteiger charge is 2.19. The summed E-state index contributed by atoms with van der Waals surface area (Å²) in [5.74, 6) is -0.214. The molecule has 0 saturated heterocycles. The predicted molar refractivity (Wildman–Crippen MR) is 77.3 cm³/mol. The van der Waals surface area contributed by atoms with Gasteiger partial charge in [-0.2, -0.15) is 0 Å². The summed E-state index contributed by atoms with van der Waals surface area (Å²) in [7, 11) is -1.33. The molecular weight excluding hydrogens is 241 g/mol. The van der Waals surface area contributed by atoms with E-state index in [-0.39, 0.29) is 5.82 Å². The molecule has 0 amide bonds. The minimum absolute atomic E-state index is 0.214. The molecular formula is C15H18FNSi. The molecule has 1 aromatic heterocycles. The number of hydrogen-bond donors (Lipinski definition) is 0. The van der Waals surface area contributed by atoms with Crippen LogP contribution in [0.1, 0.15) is 5.56 Å². The summed E-state index contributed by atoms with van der Waals surface area (Å²) in [6, 6.07) is 8.58. The highest BCUT2D eigenvalue weighted by atomic mass is 28.3. The monoisotopic (exact) mass is 259 g/mol. The second-order valence-corrected chi connectivity index (χ2v) is 10.7. The zero-order valence-electron chi connectivity index (χ0n) is 11.3. The van der Waals surface area contributed by atoms with Crippen molar-refractivity contribution >= 4 is 13.3 Å². The third-order valence-corrected chi connectivity index (χ3v) is 5.20. The minimum Gasteiger partial charge on any atom is -0.256 e. The van der Waals surface area contributed by atoms with Crippen molar-refractivity contribution in [3.8, 4) is 11.3 Å². The molecule has 0 bridgehead atoms. The number of halogens is 1. The average molecular weight is 259 g/mol. The zero-order valence-corrected chi connectivity index (χ0v) is 12.3. The van der Waals surface area contributed by atoms with Crippen LogP contribution in [0.2, 0.25) is 19.6 Å². The summed E-state index contributed by atoms with van der Waals surface area (Å²) in [6.45, 7) is 9.07. The summed E-state index contributed by atoms with van der Waals surface area (Å²) in [4.78, 5) is 4.52. The van der Waals surface area contributed by atoms with Crippen LogP contribution in [-0.4, -0.2) is 13.1 Å². The molecule has 3 heteroatoms. The van der Waals surface area contributed by atoms with Crippen molar-refractivity contribution in [3.63, 3.8) is 0 Å². The Kier molecular flexibility index (Phi) is 3.35. The van der Waals surface area contributed by atoms with E-state index in [1.165, 1.54) is 22.9 Å². The van der Waals surface area contributed by atoms with E-state index < -0.39 is 8.07 Å². The highest BCUT2D eigenvalue weighted by molar-refractivity contribution is 6.89. The van der Waals surface area contributed by atoms with E-state index in [1.54, 1.807) is 12.1 Å². The molecule has 0 saturated carbocycles. The van der Waals surface area contributed by atoms with Crippen molar-refractivity contribution < 1.29 is 4.39 Å². The van der Waals surface area contributed by atoms with E-state index in [0.29, 0.717) is 0 Å². The fraction of sp³-hybridized carbons (Fsp3) is 0.267. The lowest BCUT2D eigenvalue weighted by Gasteiger charge is -2.19.